The van der Waals surface area contributed by atoms with Crippen LogP contribution in [0.2, 0.25) is 0 Å². The number of fused-ring (bicyclic) bond motifs is 1. The number of rotatable bonds is 13. The highest BCUT2D eigenvalue weighted by Crippen LogP contribution is 2.21. The van der Waals surface area contributed by atoms with E-state index < -0.39 is 5.97 Å². The molecule has 0 aliphatic heterocycles. The molecule has 0 radical (unpaired) electrons. The van der Waals surface area contributed by atoms with Crippen molar-refractivity contribution in [2.75, 3.05) is 13.2 Å². The summed E-state index contributed by atoms with van der Waals surface area (Å²) in [5.41, 5.74) is 0.586. The van der Waals surface area contributed by atoms with E-state index >= 15 is 0 Å². The first-order valence-electron chi connectivity index (χ1n) is 11.4. The summed E-state index contributed by atoms with van der Waals surface area (Å²) in [6.45, 7) is 9.80. The second-order valence-electron chi connectivity index (χ2n) is 8.29. The highest BCUT2D eigenvalue weighted by atomic mass is 16.5. The Labute approximate surface area is 180 Å². The molecule has 1 heterocycles. The highest BCUT2D eigenvalue weighted by Gasteiger charge is 2.17. The van der Waals surface area contributed by atoms with E-state index in [1.54, 1.807) is 19.2 Å². The SMILES string of the molecule is CCCCCCCCCOc1ccc2c(=O)c(C(=O)OCC)cn(CC(C)C)c2c1. The Balaban J connectivity index is 2.14. The van der Waals surface area contributed by atoms with Gasteiger partial charge in [-0.3, -0.25) is 4.79 Å². The molecule has 0 saturated heterocycles. The zero-order chi connectivity index (χ0) is 21.9. The minimum absolute atomic E-state index is 0.0849. The van der Waals surface area contributed by atoms with E-state index in [9.17, 15) is 9.59 Å². The molecule has 2 rings (SSSR count). The van der Waals surface area contributed by atoms with E-state index in [2.05, 4.69) is 20.8 Å². The first-order valence-corrected chi connectivity index (χ1v) is 11.4. The molecule has 0 aliphatic carbocycles. The summed E-state index contributed by atoms with van der Waals surface area (Å²) >= 11 is 0. The van der Waals surface area contributed by atoms with Crippen molar-refractivity contribution in [3.8, 4) is 5.75 Å². The number of pyridine rings is 1. The van der Waals surface area contributed by atoms with Gasteiger partial charge in [0, 0.05) is 24.2 Å². The van der Waals surface area contributed by atoms with Gasteiger partial charge in [-0.15, -0.1) is 0 Å². The average Bonchev–Trinajstić information content (AvgIpc) is 2.71. The lowest BCUT2D eigenvalue weighted by Crippen LogP contribution is -2.21. The molecule has 0 unspecified atom stereocenters. The number of hydrogen-bond donors (Lipinski definition) is 0. The smallest absolute Gasteiger partial charge is 0.343 e. The fourth-order valence-corrected chi connectivity index (χ4v) is 3.61. The van der Waals surface area contributed by atoms with Crippen LogP contribution in [0.15, 0.2) is 29.2 Å². The van der Waals surface area contributed by atoms with E-state index in [1.165, 1.54) is 38.5 Å². The number of aromatic nitrogens is 1. The second-order valence-corrected chi connectivity index (χ2v) is 8.29. The Bertz CT molecular complexity index is 869. The maximum Gasteiger partial charge on any atom is 0.343 e. The summed E-state index contributed by atoms with van der Waals surface area (Å²) in [5.74, 6) is 0.554. The standard InChI is InChI=1S/C25H37NO4/c1-5-7-8-9-10-11-12-15-30-20-13-14-21-23(16-20)26(17-19(3)4)18-22(24(21)27)25(28)29-6-2/h13-14,16,18-19H,5-12,15,17H2,1-4H3. The van der Waals surface area contributed by atoms with E-state index in [4.69, 9.17) is 9.47 Å². The van der Waals surface area contributed by atoms with Crippen LogP contribution in [0.1, 0.15) is 83.0 Å². The van der Waals surface area contributed by atoms with Crippen molar-refractivity contribution in [1.82, 2.24) is 4.57 Å². The first-order chi connectivity index (χ1) is 14.5. The molecule has 0 N–H and O–H groups in total. The van der Waals surface area contributed by atoms with E-state index in [1.807, 2.05) is 16.7 Å². The lowest BCUT2D eigenvalue weighted by molar-refractivity contribution is 0.0524. The fourth-order valence-electron chi connectivity index (χ4n) is 3.61. The van der Waals surface area contributed by atoms with Gasteiger partial charge in [-0.2, -0.15) is 0 Å². The van der Waals surface area contributed by atoms with Gasteiger partial charge in [-0.25, -0.2) is 4.79 Å². The van der Waals surface area contributed by atoms with Gasteiger partial charge in [0.2, 0.25) is 5.43 Å². The molecular formula is C25H37NO4. The summed E-state index contributed by atoms with van der Waals surface area (Å²) < 4.78 is 13.0. The van der Waals surface area contributed by atoms with Crippen LogP contribution >= 0.6 is 0 Å². The third-order valence-corrected chi connectivity index (χ3v) is 5.13. The van der Waals surface area contributed by atoms with Gasteiger partial charge >= 0.3 is 5.97 Å². The number of nitrogens with zero attached hydrogens (tertiary/aromatic N) is 1. The van der Waals surface area contributed by atoms with E-state index in [0.29, 0.717) is 24.5 Å². The number of carbonyl (C=O) groups is 1. The molecule has 0 atom stereocenters. The molecule has 0 saturated carbocycles. The van der Waals surface area contributed by atoms with Crippen molar-refractivity contribution >= 4 is 16.9 Å². The molecule has 30 heavy (non-hydrogen) atoms. The molecule has 0 fully saturated rings. The van der Waals surface area contributed by atoms with Crippen LogP contribution in [0.25, 0.3) is 10.9 Å². The highest BCUT2D eigenvalue weighted by molar-refractivity contribution is 5.94. The molecule has 0 amide bonds. The quantitative estimate of drug-likeness (QED) is 0.299. The van der Waals surface area contributed by atoms with Gasteiger partial charge in [-0.05, 0) is 31.4 Å². The van der Waals surface area contributed by atoms with E-state index in [0.717, 1.165) is 17.7 Å². The predicted octanol–water partition coefficient (Wildman–Crippen LogP) is 5.96. The van der Waals surface area contributed by atoms with Gasteiger partial charge in [0.1, 0.15) is 11.3 Å². The first kappa shape index (κ1) is 24.0. The maximum atomic E-state index is 12.8. The summed E-state index contributed by atoms with van der Waals surface area (Å²) in [6.07, 6.45) is 10.3. The van der Waals surface area contributed by atoms with Crippen molar-refractivity contribution in [3.63, 3.8) is 0 Å². The Kier molecular flexibility index (Phi) is 9.92. The third kappa shape index (κ3) is 6.89. The Hall–Kier alpha value is -2.30. The van der Waals surface area contributed by atoms with Crippen molar-refractivity contribution < 1.29 is 14.3 Å². The van der Waals surface area contributed by atoms with Crippen molar-refractivity contribution in [2.24, 2.45) is 5.92 Å². The molecule has 1 aromatic heterocycles. The molecular weight excluding hydrogens is 378 g/mol. The minimum atomic E-state index is -0.568. The largest absolute Gasteiger partial charge is 0.494 e. The Morgan fingerprint density at radius 3 is 2.40 bits per heavy atom. The lowest BCUT2D eigenvalue weighted by atomic mass is 10.1. The zero-order valence-electron chi connectivity index (χ0n) is 19.0. The summed E-state index contributed by atoms with van der Waals surface area (Å²) in [4.78, 5) is 25.1. The zero-order valence-corrected chi connectivity index (χ0v) is 19.0. The third-order valence-electron chi connectivity index (χ3n) is 5.13. The normalized spacial score (nSPS) is 11.2. The van der Waals surface area contributed by atoms with Crippen LogP contribution in [0.4, 0.5) is 0 Å². The maximum absolute atomic E-state index is 12.8. The van der Waals surface area contributed by atoms with Gasteiger partial charge in [0.05, 0.1) is 18.7 Å². The molecule has 0 bridgehead atoms. The monoisotopic (exact) mass is 415 g/mol. The van der Waals surface area contributed by atoms with Gasteiger partial charge in [0.25, 0.3) is 0 Å². The number of ether oxygens (including phenoxy) is 2. The molecule has 0 aliphatic rings. The minimum Gasteiger partial charge on any atom is -0.494 e. The molecule has 5 heteroatoms. The van der Waals surface area contributed by atoms with Crippen LogP contribution in [0, 0.1) is 5.92 Å². The molecule has 166 valence electrons. The summed E-state index contributed by atoms with van der Waals surface area (Å²) in [6, 6.07) is 5.49. The number of hydrogen-bond acceptors (Lipinski definition) is 4. The summed E-state index contributed by atoms with van der Waals surface area (Å²) in [7, 11) is 0. The number of benzene rings is 1. The summed E-state index contributed by atoms with van der Waals surface area (Å²) in [5, 5.41) is 0.518. The van der Waals surface area contributed by atoms with Gasteiger partial charge in [0.15, 0.2) is 0 Å². The lowest BCUT2D eigenvalue weighted by Gasteiger charge is -2.16. The molecule has 0 spiro atoms. The van der Waals surface area contributed by atoms with Crippen molar-refractivity contribution in [2.45, 2.75) is 79.2 Å². The van der Waals surface area contributed by atoms with Crippen molar-refractivity contribution in [1.29, 1.82) is 0 Å². The second kappa shape index (κ2) is 12.4. The van der Waals surface area contributed by atoms with Crippen LogP contribution in [0.5, 0.6) is 5.75 Å². The average molecular weight is 416 g/mol. The topological polar surface area (TPSA) is 57.5 Å². The fraction of sp³-hybridized carbons (Fsp3) is 0.600. The number of unbranched alkanes of at least 4 members (excludes halogenated alkanes) is 6. The number of carbonyl (C=O) groups excluding carboxylic acids is 1. The van der Waals surface area contributed by atoms with Gasteiger partial charge in [-0.1, -0.05) is 59.3 Å². The Morgan fingerprint density at radius 2 is 1.73 bits per heavy atom. The van der Waals surface area contributed by atoms with Gasteiger partial charge < -0.3 is 14.0 Å². The van der Waals surface area contributed by atoms with Crippen LogP contribution < -0.4 is 10.2 Å². The molecule has 1 aromatic carbocycles. The molecule has 5 nitrogen and oxygen atoms in total. The van der Waals surface area contributed by atoms with Crippen LogP contribution in [-0.4, -0.2) is 23.8 Å². The predicted molar refractivity (Wildman–Crippen MR) is 122 cm³/mol. The van der Waals surface area contributed by atoms with E-state index in [-0.39, 0.29) is 17.6 Å². The van der Waals surface area contributed by atoms with Crippen molar-refractivity contribution in [3.05, 3.63) is 40.2 Å². The van der Waals surface area contributed by atoms with Crippen LogP contribution in [-0.2, 0) is 11.3 Å². The van der Waals surface area contributed by atoms with Crippen LogP contribution in [0.3, 0.4) is 0 Å². The number of esters is 1. The molecule has 2 aromatic rings. The Morgan fingerprint density at radius 1 is 1.03 bits per heavy atom.